The fourth-order valence-corrected chi connectivity index (χ4v) is 3.02. The number of hydrogen-bond acceptors (Lipinski definition) is 3. The standard InChI is InChI=1S/C16H24FNO2/c1-11(13-10-12(17)8-9-15(13)19-2)18-14-6-4-5-7-16(14)20-3/h8-11,14,16,18H,4-7H2,1-3H3. The Labute approximate surface area is 120 Å². The second kappa shape index (κ2) is 7.04. The van der Waals surface area contributed by atoms with Gasteiger partial charge in [0.2, 0.25) is 0 Å². The average Bonchev–Trinajstić information content (AvgIpc) is 2.47. The summed E-state index contributed by atoms with van der Waals surface area (Å²) in [6.45, 7) is 2.04. The Hall–Kier alpha value is -1.13. The molecule has 0 saturated heterocycles. The third kappa shape index (κ3) is 3.49. The molecule has 0 aromatic heterocycles. The summed E-state index contributed by atoms with van der Waals surface area (Å²) in [6.07, 6.45) is 4.85. The van der Waals surface area contributed by atoms with Crippen LogP contribution in [0.5, 0.6) is 5.75 Å². The Morgan fingerprint density at radius 3 is 2.70 bits per heavy atom. The maximum absolute atomic E-state index is 13.5. The highest BCUT2D eigenvalue weighted by Gasteiger charge is 2.27. The number of hydrogen-bond donors (Lipinski definition) is 1. The first-order valence-corrected chi connectivity index (χ1v) is 7.28. The monoisotopic (exact) mass is 281 g/mol. The molecular formula is C16H24FNO2. The second-order valence-electron chi connectivity index (χ2n) is 5.44. The lowest BCUT2D eigenvalue weighted by atomic mass is 9.91. The van der Waals surface area contributed by atoms with Crippen LogP contribution in [0.4, 0.5) is 4.39 Å². The summed E-state index contributed by atoms with van der Waals surface area (Å²) in [5.74, 6) is 0.484. The molecule has 1 aromatic carbocycles. The molecule has 1 fully saturated rings. The molecule has 3 nitrogen and oxygen atoms in total. The molecule has 0 radical (unpaired) electrons. The molecule has 3 atom stereocenters. The fourth-order valence-electron chi connectivity index (χ4n) is 3.02. The van der Waals surface area contributed by atoms with Gasteiger partial charge >= 0.3 is 0 Å². The largest absolute Gasteiger partial charge is 0.496 e. The summed E-state index contributed by atoms with van der Waals surface area (Å²) in [7, 11) is 3.38. The van der Waals surface area contributed by atoms with Crippen molar-refractivity contribution in [3.63, 3.8) is 0 Å². The van der Waals surface area contributed by atoms with Gasteiger partial charge in [0.15, 0.2) is 0 Å². The molecule has 3 unspecified atom stereocenters. The molecule has 0 amide bonds. The zero-order valence-electron chi connectivity index (χ0n) is 12.5. The van der Waals surface area contributed by atoms with E-state index in [9.17, 15) is 4.39 Å². The lowest BCUT2D eigenvalue weighted by Crippen LogP contribution is -2.44. The average molecular weight is 281 g/mol. The number of rotatable bonds is 5. The quantitative estimate of drug-likeness (QED) is 0.896. The predicted octanol–water partition coefficient (Wildman–Crippen LogP) is 3.44. The summed E-state index contributed by atoms with van der Waals surface area (Å²) in [4.78, 5) is 0. The summed E-state index contributed by atoms with van der Waals surface area (Å²) in [5, 5.41) is 3.57. The van der Waals surface area contributed by atoms with E-state index in [1.54, 1.807) is 26.4 Å². The minimum Gasteiger partial charge on any atom is -0.496 e. The molecule has 0 aliphatic heterocycles. The van der Waals surface area contributed by atoms with Crippen molar-refractivity contribution in [3.8, 4) is 5.75 Å². The van der Waals surface area contributed by atoms with Gasteiger partial charge in [-0.15, -0.1) is 0 Å². The van der Waals surface area contributed by atoms with Gasteiger partial charge in [0.1, 0.15) is 11.6 Å². The highest BCUT2D eigenvalue weighted by Crippen LogP contribution is 2.28. The van der Waals surface area contributed by atoms with Crippen molar-refractivity contribution in [1.29, 1.82) is 0 Å². The van der Waals surface area contributed by atoms with Gasteiger partial charge in [0, 0.05) is 24.8 Å². The number of ether oxygens (including phenoxy) is 2. The fraction of sp³-hybridized carbons (Fsp3) is 0.625. The molecule has 2 rings (SSSR count). The normalized spacial score (nSPS) is 24.4. The second-order valence-corrected chi connectivity index (χ2v) is 5.44. The first-order chi connectivity index (χ1) is 9.65. The molecule has 112 valence electrons. The molecule has 0 spiro atoms. The zero-order chi connectivity index (χ0) is 14.5. The van der Waals surface area contributed by atoms with Gasteiger partial charge in [-0.2, -0.15) is 0 Å². The first kappa shape index (κ1) is 15.3. The molecule has 0 heterocycles. The van der Waals surface area contributed by atoms with Crippen LogP contribution < -0.4 is 10.1 Å². The van der Waals surface area contributed by atoms with Crippen molar-refractivity contribution < 1.29 is 13.9 Å². The minimum absolute atomic E-state index is 0.0291. The Kier molecular flexibility index (Phi) is 5.38. The van der Waals surface area contributed by atoms with Crippen LogP contribution in [0.2, 0.25) is 0 Å². The lowest BCUT2D eigenvalue weighted by Gasteiger charge is -2.33. The smallest absolute Gasteiger partial charge is 0.123 e. The van der Waals surface area contributed by atoms with Crippen LogP contribution in [0.3, 0.4) is 0 Å². The lowest BCUT2D eigenvalue weighted by molar-refractivity contribution is 0.0383. The molecular weight excluding hydrogens is 257 g/mol. The molecule has 1 aliphatic carbocycles. The topological polar surface area (TPSA) is 30.5 Å². The molecule has 4 heteroatoms. The molecule has 1 aliphatic rings. The van der Waals surface area contributed by atoms with E-state index in [-0.39, 0.29) is 18.0 Å². The predicted molar refractivity (Wildman–Crippen MR) is 77.6 cm³/mol. The molecule has 20 heavy (non-hydrogen) atoms. The Balaban J connectivity index is 2.10. The minimum atomic E-state index is -0.235. The number of halogens is 1. The van der Waals surface area contributed by atoms with Crippen molar-refractivity contribution in [3.05, 3.63) is 29.6 Å². The summed E-state index contributed by atoms with van der Waals surface area (Å²) < 4.78 is 24.3. The number of methoxy groups -OCH3 is 2. The Morgan fingerprint density at radius 2 is 2.00 bits per heavy atom. The van der Waals surface area contributed by atoms with Crippen molar-refractivity contribution in [2.24, 2.45) is 0 Å². The highest BCUT2D eigenvalue weighted by molar-refractivity contribution is 5.36. The van der Waals surface area contributed by atoms with E-state index >= 15 is 0 Å². The van der Waals surface area contributed by atoms with Crippen LogP contribution in [0.25, 0.3) is 0 Å². The molecule has 0 bridgehead atoms. The van der Waals surface area contributed by atoms with Gasteiger partial charge < -0.3 is 14.8 Å². The number of nitrogens with one attached hydrogen (secondary N) is 1. The Bertz CT molecular complexity index is 438. The van der Waals surface area contributed by atoms with E-state index < -0.39 is 0 Å². The van der Waals surface area contributed by atoms with Crippen molar-refractivity contribution in [2.75, 3.05) is 14.2 Å². The van der Waals surface area contributed by atoms with Gasteiger partial charge in [-0.05, 0) is 38.0 Å². The summed E-state index contributed by atoms with van der Waals surface area (Å²) in [6, 6.07) is 4.99. The first-order valence-electron chi connectivity index (χ1n) is 7.28. The van der Waals surface area contributed by atoms with E-state index in [0.717, 1.165) is 24.2 Å². The van der Waals surface area contributed by atoms with Crippen molar-refractivity contribution in [2.45, 2.75) is 50.8 Å². The Morgan fingerprint density at radius 1 is 1.25 bits per heavy atom. The summed E-state index contributed by atoms with van der Waals surface area (Å²) >= 11 is 0. The van der Waals surface area contributed by atoms with E-state index in [2.05, 4.69) is 5.32 Å². The summed E-state index contributed by atoms with van der Waals surface area (Å²) in [5.41, 5.74) is 0.855. The van der Waals surface area contributed by atoms with Gasteiger partial charge in [-0.25, -0.2) is 4.39 Å². The van der Waals surface area contributed by atoms with Gasteiger partial charge in [-0.3, -0.25) is 0 Å². The SMILES string of the molecule is COc1ccc(F)cc1C(C)NC1CCCCC1OC. The van der Waals surface area contributed by atoms with E-state index in [1.807, 2.05) is 6.92 Å². The van der Waals surface area contributed by atoms with Gasteiger partial charge in [0.25, 0.3) is 0 Å². The van der Waals surface area contributed by atoms with Crippen LogP contribution in [0.1, 0.15) is 44.2 Å². The van der Waals surface area contributed by atoms with Crippen LogP contribution in [0, 0.1) is 5.82 Å². The van der Waals surface area contributed by atoms with Crippen LogP contribution >= 0.6 is 0 Å². The van der Waals surface area contributed by atoms with Gasteiger partial charge in [0.05, 0.1) is 13.2 Å². The van der Waals surface area contributed by atoms with Gasteiger partial charge in [-0.1, -0.05) is 12.8 Å². The van der Waals surface area contributed by atoms with Crippen LogP contribution in [-0.4, -0.2) is 26.4 Å². The van der Waals surface area contributed by atoms with E-state index in [4.69, 9.17) is 9.47 Å². The maximum atomic E-state index is 13.5. The molecule has 1 saturated carbocycles. The van der Waals surface area contributed by atoms with E-state index in [1.165, 1.54) is 18.9 Å². The van der Waals surface area contributed by atoms with Crippen molar-refractivity contribution in [1.82, 2.24) is 5.32 Å². The van der Waals surface area contributed by atoms with E-state index in [0.29, 0.717) is 6.04 Å². The third-order valence-electron chi connectivity index (χ3n) is 4.13. The number of benzene rings is 1. The zero-order valence-corrected chi connectivity index (χ0v) is 12.5. The third-order valence-corrected chi connectivity index (χ3v) is 4.13. The van der Waals surface area contributed by atoms with Crippen LogP contribution in [0.15, 0.2) is 18.2 Å². The highest BCUT2D eigenvalue weighted by atomic mass is 19.1. The molecule has 1 N–H and O–H groups in total. The van der Waals surface area contributed by atoms with Crippen molar-refractivity contribution >= 4 is 0 Å². The van der Waals surface area contributed by atoms with Crippen LogP contribution in [-0.2, 0) is 4.74 Å². The maximum Gasteiger partial charge on any atom is 0.123 e. The molecule has 1 aromatic rings.